The minimum absolute atomic E-state index is 0.296. The molecule has 0 fully saturated rings. The lowest BCUT2D eigenvalue weighted by Crippen LogP contribution is -2.16. The minimum atomic E-state index is -0.304. The van der Waals surface area contributed by atoms with Crippen LogP contribution in [0.3, 0.4) is 0 Å². The van der Waals surface area contributed by atoms with Crippen molar-refractivity contribution in [3.8, 4) is 0 Å². The van der Waals surface area contributed by atoms with E-state index in [0.29, 0.717) is 22.2 Å². The van der Waals surface area contributed by atoms with Gasteiger partial charge in [-0.05, 0) is 30.3 Å². The van der Waals surface area contributed by atoms with Crippen LogP contribution in [-0.4, -0.2) is 15.9 Å². The largest absolute Gasteiger partial charge is 0.361 e. The zero-order chi connectivity index (χ0) is 15.8. The molecule has 0 aliphatic heterocycles. The standard InChI is InChI=1S/C18H13N3O2/c22-17-10-14(13-3-1-2-4-16(13)21-17)18(23)20-12-5-6-15-11(9-12)7-8-19-15/h1-10,19H,(H,20,23)(H,21,22). The van der Waals surface area contributed by atoms with Crippen LogP contribution in [0.25, 0.3) is 21.8 Å². The number of carbonyl (C=O) groups is 1. The molecule has 23 heavy (non-hydrogen) atoms. The molecule has 0 saturated heterocycles. The quantitative estimate of drug-likeness (QED) is 0.531. The Labute approximate surface area is 131 Å². The first-order chi connectivity index (χ1) is 11.2. The zero-order valence-electron chi connectivity index (χ0n) is 12.1. The average Bonchev–Trinajstić information content (AvgIpc) is 3.01. The van der Waals surface area contributed by atoms with E-state index in [2.05, 4.69) is 15.3 Å². The molecule has 0 radical (unpaired) electrons. The molecule has 4 aromatic rings. The highest BCUT2D eigenvalue weighted by atomic mass is 16.2. The molecule has 0 bridgehead atoms. The van der Waals surface area contributed by atoms with Crippen LogP contribution in [0.2, 0.25) is 0 Å². The van der Waals surface area contributed by atoms with E-state index in [9.17, 15) is 9.59 Å². The molecular weight excluding hydrogens is 290 g/mol. The Hall–Kier alpha value is -3.34. The van der Waals surface area contributed by atoms with Crippen LogP contribution in [0.1, 0.15) is 10.4 Å². The van der Waals surface area contributed by atoms with E-state index in [1.807, 2.05) is 48.7 Å². The third-order valence-electron chi connectivity index (χ3n) is 3.81. The number of H-pyrrole nitrogens is 2. The number of benzene rings is 2. The first kappa shape index (κ1) is 13.3. The number of nitrogens with one attached hydrogen (secondary N) is 3. The summed E-state index contributed by atoms with van der Waals surface area (Å²) >= 11 is 0. The first-order valence-electron chi connectivity index (χ1n) is 7.21. The van der Waals surface area contributed by atoms with Gasteiger partial charge in [-0.2, -0.15) is 0 Å². The molecule has 1 amide bonds. The Morgan fingerprint density at radius 1 is 0.957 bits per heavy atom. The summed E-state index contributed by atoms with van der Waals surface area (Å²) in [6, 6.07) is 16.1. The zero-order valence-corrected chi connectivity index (χ0v) is 12.1. The molecule has 0 aliphatic rings. The van der Waals surface area contributed by atoms with E-state index >= 15 is 0 Å². The molecule has 2 heterocycles. The number of pyridine rings is 1. The van der Waals surface area contributed by atoms with Gasteiger partial charge in [0.1, 0.15) is 0 Å². The van der Waals surface area contributed by atoms with E-state index in [1.54, 1.807) is 6.07 Å². The van der Waals surface area contributed by atoms with Gasteiger partial charge in [-0.3, -0.25) is 9.59 Å². The summed E-state index contributed by atoms with van der Waals surface area (Å²) in [4.78, 5) is 30.2. The molecule has 0 saturated carbocycles. The second-order valence-electron chi connectivity index (χ2n) is 5.33. The highest BCUT2D eigenvalue weighted by Crippen LogP contribution is 2.20. The summed E-state index contributed by atoms with van der Waals surface area (Å²) < 4.78 is 0. The number of fused-ring (bicyclic) bond motifs is 2. The summed E-state index contributed by atoms with van der Waals surface area (Å²) in [5, 5.41) is 4.58. The van der Waals surface area contributed by atoms with Gasteiger partial charge in [-0.1, -0.05) is 18.2 Å². The van der Waals surface area contributed by atoms with Gasteiger partial charge >= 0.3 is 0 Å². The van der Waals surface area contributed by atoms with Gasteiger partial charge in [-0.15, -0.1) is 0 Å². The monoisotopic (exact) mass is 303 g/mol. The van der Waals surface area contributed by atoms with E-state index < -0.39 is 0 Å². The first-order valence-corrected chi connectivity index (χ1v) is 7.21. The van der Waals surface area contributed by atoms with Gasteiger partial charge in [0, 0.05) is 39.8 Å². The number of para-hydroxylation sites is 1. The maximum absolute atomic E-state index is 12.6. The van der Waals surface area contributed by atoms with Crippen molar-refractivity contribution in [3.05, 3.63) is 76.7 Å². The normalized spacial score (nSPS) is 11.0. The van der Waals surface area contributed by atoms with E-state index in [4.69, 9.17) is 0 Å². The average molecular weight is 303 g/mol. The van der Waals surface area contributed by atoms with E-state index in [1.165, 1.54) is 6.07 Å². The predicted molar refractivity (Wildman–Crippen MR) is 90.8 cm³/mol. The molecule has 3 N–H and O–H groups in total. The van der Waals surface area contributed by atoms with Crippen molar-refractivity contribution in [2.75, 3.05) is 5.32 Å². The molecule has 2 aromatic heterocycles. The van der Waals surface area contributed by atoms with Gasteiger partial charge in [0.2, 0.25) is 5.56 Å². The minimum Gasteiger partial charge on any atom is -0.361 e. The van der Waals surface area contributed by atoms with Crippen LogP contribution >= 0.6 is 0 Å². The number of aromatic amines is 2. The number of carbonyl (C=O) groups excluding carboxylic acids is 1. The molecule has 5 nitrogen and oxygen atoms in total. The molecular formula is C18H13N3O2. The number of amides is 1. The Bertz CT molecular complexity index is 1090. The van der Waals surface area contributed by atoms with Crippen molar-refractivity contribution >= 4 is 33.4 Å². The second-order valence-corrected chi connectivity index (χ2v) is 5.33. The highest BCUT2D eigenvalue weighted by molar-refractivity contribution is 6.12. The Balaban J connectivity index is 1.75. The van der Waals surface area contributed by atoms with Crippen LogP contribution in [0, 0.1) is 0 Å². The van der Waals surface area contributed by atoms with E-state index in [-0.39, 0.29) is 11.5 Å². The van der Waals surface area contributed by atoms with Gasteiger partial charge < -0.3 is 15.3 Å². The van der Waals surface area contributed by atoms with Crippen molar-refractivity contribution in [1.82, 2.24) is 9.97 Å². The number of anilines is 1. The molecule has 0 spiro atoms. The molecule has 0 atom stereocenters. The van der Waals surface area contributed by atoms with Crippen LogP contribution in [0.5, 0.6) is 0 Å². The maximum atomic E-state index is 12.6. The fourth-order valence-corrected chi connectivity index (χ4v) is 2.72. The lowest BCUT2D eigenvalue weighted by Gasteiger charge is -2.08. The second kappa shape index (κ2) is 5.14. The van der Waals surface area contributed by atoms with Crippen LogP contribution in [0.4, 0.5) is 5.69 Å². The Morgan fingerprint density at radius 2 is 1.83 bits per heavy atom. The maximum Gasteiger partial charge on any atom is 0.256 e. The highest BCUT2D eigenvalue weighted by Gasteiger charge is 2.12. The van der Waals surface area contributed by atoms with Gasteiger partial charge in [-0.25, -0.2) is 0 Å². The van der Waals surface area contributed by atoms with Crippen molar-refractivity contribution in [2.45, 2.75) is 0 Å². The molecule has 5 heteroatoms. The van der Waals surface area contributed by atoms with Gasteiger partial charge in [0.25, 0.3) is 5.91 Å². The topological polar surface area (TPSA) is 77.8 Å². The Kier molecular flexibility index (Phi) is 2.98. The van der Waals surface area contributed by atoms with Gasteiger partial charge in [0.15, 0.2) is 0 Å². The molecule has 2 aromatic carbocycles. The third kappa shape index (κ3) is 2.38. The lowest BCUT2D eigenvalue weighted by molar-refractivity contribution is 0.102. The molecule has 0 unspecified atom stereocenters. The van der Waals surface area contributed by atoms with Crippen molar-refractivity contribution in [1.29, 1.82) is 0 Å². The van der Waals surface area contributed by atoms with Crippen molar-refractivity contribution < 1.29 is 4.79 Å². The van der Waals surface area contributed by atoms with Gasteiger partial charge in [0.05, 0.1) is 5.56 Å². The van der Waals surface area contributed by atoms with Crippen molar-refractivity contribution in [2.24, 2.45) is 0 Å². The third-order valence-corrected chi connectivity index (χ3v) is 3.81. The summed E-state index contributed by atoms with van der Waals surface area (Å²) in [6.45, 7) is 0. The molecule has 4 rings (SSSR count). The fourth-order valence-electron chi connectivity index (χ4n) is 2.72. The number of hydrogen-bond donors (Lipinski definition) is 3. The summed E-state index contributed by atoms with van der Waals surface area (Å²) in [7, 11) is 0. The number of aromatic nitrogens is 2. The van der Waals surface area contributed by atoms with Crippen LogP contribution in [-0.2, 0) is 0 Å². The van der Waals surface area contributed by atoms with Crippen molar-refractivity contribution in [3.63, 3.8) is 0 Å². The predicted octanol–water partition coefficient (Wildman–Crippen LogP) is 3.26. The van der Waals surface area contributed by atoms with Crippen LogP contribution < -0.4 is 10.9 Å². The smallest absolute Gasteiger partial charge is 0.256 e. The lowest BCUT2D eigenvalue weighted by atomic mass is 10.1. The SMILES string of the molecule is O=C(Nc1ccc2[nH]ccc2c1)c1cc(=O)[nH]c2ccccc12. The number of rotatable bonds is 2. The molecule has 0 aliphatic carbocycles. The summed E-state index contributed by atoms with van der Waals surface area (Å²) in [6.07, 6.45) is 1.85. The number of hydrogen-bond acceptors (Lipinski definition) is 2. The summed E-state index contributed by atoms with van der Waals surface area (Å²) in [5.41, 5.74) is 2.40. The summed E-state index contributed by atoms with van der Waals surface area (Å²) in [5.74, 6) is -0.304. The molecule has 112 valence electrons. The van der Waals surface area contributed by atoms with Crippen LogP contribution in [0.15, 0.2) is 65.6 Å². The fraction of sp³-hybridized carbons (Fsp3) is 0. The van der Waals surface area contributed by atoms with E-state index in [0.717, 1.165) is 10.9 Å². The Morgan fingerprint density at radius 3 is 2.74 bits per heavy atom.